The van der Waals surface area contributed by atoms with E-state index in [2.05, 4.69) is 39.5 Å². The van der Waals surface area contributed by atoms with Crippen LogP contribution in [0.2, 0.25) is 0 Å². The fourth-order valence-electron chi connectivity index (χ4n) is 2.93. The molecule has 156 valence electrons. The molecule has 1 N–H and O–H groups in total. The lowest BCUT2D eigenvalue weighted by Crippen LogP contribution is -2.56. The summed E-state index contributed by atoms with van der Waals surface area (Å²) in [4.78, 5) is 25.7. The van der Waals surface area contributed by atoms with E-state index in [9.17, 15) is 4.79 Å². The second-order valence-electron chi connectivity index (χ2n) is 6.91. The largest absolute Gasteiger partial charge is 0.424 e. The number of hydrogen-bond acceptors (Lipinski definition) is 5. The first-order chi connectivity index (χ1) is 15.0. The SMILES string of the molecule is C#Cc1cccc(O/C(N=C)=N/C=C(\C)c2cncc(NC3CN(C(=O)C=C)C3)c2)c1. The molecule has 1 aliphatic rings. The van der Waals surface area contributed by atoms with Crippen molar-refractivity contribution in [2.24, 2.45) is 9.98 Å². The van der Waals surface area contributed by atoms with Crippen molar-refractivity contribution in [3.63, 3.8) is 0 Å². The maximum Gasteiger partial charge on any atom is 0.321 e. The van der Waals surface area contributed by atoms with Crippen LogP contribution in [0.5, 0.6) is 5.75 Å². The average molecular weight is 413 g/mol. The Balaban J connectivity index is 1.65. The highest BCUT2D eigenvalue weighted by molar-refractivity contribution is 5.88. The number of terminal acetylenes is 1. The van der Waals surface area contributed by atoms with Crippen LogP contribution in [0.25, 0.3) is 5.57 Å². The Bertz CT molecular complexity index is 1090. The summed E-state index contributed by atoms with van der Waals surface area (Å²) in [6, 6.07) is 9.36. The molecular weight excluding hydrogens is 390 g/mol. The van der Waals surface area contributed by atoms with Gasteiger partial charge in [-0.1, -0.05) is 18.6 Å². The summed E-state index contributed by atoms with van der Waals surface area (Å²) in [5, 5.41) is 3.38. The number of allylic oxidation sites excluding steroid dienone is 1. The number of nitrogens with one attached hydrogen (secondary N) is 1. The Morgan fingerprint density at radius 3 is 2.90 bits per heavy atom. The second-order valence-corrected chi connectivity index (χ2v) is 6.91. The molecule has 0 spiro atoms. The monoisotopic (exact) mass is 413 g/mol. The van der Waals surface area contributed by atoms with Crippen LogP contribution in [0.3, 0.4) is 0 Å². The van der Waals surface area contributed by atoms with E-state index in [-0.39, 0.29) is 18.0 Å². The first-order valence-electron chi connectivity index (χ1n) is 9.61. The van der Waals surface area contributed by atoms with E-state index in [1.165, 1.54) is 6.08 Å². The highest BCUT2D eigenvalue weighted by Gasteiger charge is 2.29. The minimum absolute atomic E-state index is 0.0542. The summed E-state index contributed by atoms with van der Waals surface area (Å²) >= 11 is 0. The van der Waals surface area contributed by atoms with Crippen molar-refractivity contribution in [3.05, 3.63) is 72.7 Å². The summed E-state index contributed by atoms with van der Waals surface area (Å²) in [5.74, 6) is 3.03. The predicted octanol–water partition coefficient (Wildman–Crippen LogP) is 3.37. The molecule has 1 aliphatic heterocycles. The molecule has 1 saturated heterocycles. The lowest BCUT2D eigenvalue weighted by atomic mass is 10.1. The Morgan fingerprint density at radius 2 is 2.19 bits per heavy atom. The van der Waals surface area contributed by atoms with E-state index in [1.54, 1.807) is 41.7 Å². The van der Waals surface area contributed by atoms with Crippen LogP contribution in [0, 0.1) is 12.3 Å². The summed E-state index contributed by atoms with van der Waals surface area (Å²) in [7, 11) is 0. The van der Waals surface area contributed by atoms with Gasteiger partial charge in [-0.2, -0.15) is 0 Å². The minimum Gasteiger partial charge on any atom is -0.424 e. The average Bonchev–Trinajstić information content (AvgIpc) is 2.78. The third-order valence-corrected chi connectivity index (χ3v) is 4.65. The van der Waals surface area contributed by atoms with Gasteiger partial charge in [-0.3, -0.25) is 9.78 Å². The van der Waals surface area contributed by atoms with Crippen molar-refractivity contribution < 1.29 is 9.53 Å². The van der Waals surface area contributed by atoms with Gasteiger partial charge in [0.1, 0.15) is 5.75 Å². The number of nitrogens with zero attached hydrogens (tertiary/aromatic N) is 4. The van der Waals surface area contributed by atoms with E-state index in [0.29, 0.717) is 24.4 Å². The number of likely N-dealkylation sites (tertiary alicyclic amines) is 1. The Labute approximate surface area is 181 Å². The molecule has 1 aromatic heterocycles. The van der Waals surface area contributed by atoms with Gasteiger partial charge in [-0.15, -0.1) is 6.42 Å². The zero-order valence-corrected chi connectivity index (χ0v) is 17.3. The number of rotatable bonds is 6. The van der Waals surface area contributed by atoms with E-state index >= 15 is 0 Å². The van der Waals surface area contributed by atoms with Crippen LogP contribution in [0.15, 0.2) is 71.6 Å². The summed E-state index contributed by atoms with van der Waals surface area (Å²) in [5.41, 5.74) is 3.33. The molecule has 2 heterocycles. The highest BCUT2D eigenvalue weighted by Crippen LogP contribution is 2.20. The fourth-order valence-corrected chi connectivity index (χ4v) is 2.93. The third-order valence-electron chi connectivity index (χ3n) is 4.65. The number of carbonyl (C=O) groups excluding carboxylic acids is 1. The molecule has 0 atom stereocenters. The topological polar surface area (TPSA) is 79.2 Å². The van der Waals surface area contributed by atoms with Gasteiger partial charge in [-0.05, 0) is 55.1 Å². The second kappa shape index (κ2) is 10.0. The molecule has 7 heteroatoms. The maximum absolute atomic E-state index is 11.6. The van der Waals surface area contributed by atoms with E-state index in [4.69, 9.17) is 11.2 Å². The van der Waals surface area contributed by atoms with Crippen molar-refractivity contribution >= 4 is 29.9 Å². The normalized spacial score (nSPS) is 14.3. The minimum atomic E-state index is -0.0542. The number of amidine groups is 1. The summed E-state index contributed by atoms with van der Waals surface area (Å²) in [6.07, 6.45) is 11.9. The van der Waals surface area contributed by atoms with Crippen LogP contribution >= 0.6 is 0 Å². The van der Waals surface area contributed by atoms with Gasteiger partial charge in [0.05, 0.1) is 11.7 Å². The molecule has 31 heavy (non-hydrogen) atoms. The molecule has 0 radical (unpaired) electrons. The zero-order valence-electron chi connectivity index (χ0n) is 17.3. The molecule has 0 bridgehead atoms. The molecule has 0 saturated carbocycles. The van der Waals surface area contributed by atoms with Gasteiger partial charge < -0.3 is 15.0 Å². The van der Waals surface area contributed by atoms with Crippen molar-refractivity contribution in [3.8, 4) is 18.1 Å². The fraction of sp³-hybridized carbons (Fsp3) is 0.167. The number of benzene rings is 1. The predicted molar refractivity (Wildman–Crippen MR) is 124 cm³/mol. The van der Waals surface area contributed by atoms with Gasteiger partial charge in [0.2, 0.25) is 5.91 Å². The van der Waals surface area contributed by atoms with Gasteiger partial charge in [-0.25, -0.2) is 9.98 Å². The van der Waals surface area contributed by atoms with Crippen LogP contribution in [-0.4, -0.2) is 47.7 Å². The molecular formula is C24H23N5O2. The number of pyridine rings is 1. The van der Waals surface area contributed by atoms with Crippen molar-refractivity contribution in [1.29, 1.82) is 0 Å². The van der Waals surface area contributed by atoms with Gasteiger partial charge in [0, 0.05) is 37.2 Å². The molecule has 3 rings (SSSR count). The van der Waals surface area contributed by atoms with Crippen LogP contribution in [0.1, 0.15) is 18.1 Å². The Hall–Kier alpha value is -4.18. The maximum atomic E-state index is 11.6. The molecule has 1 fully saturated rings. The number of amides is 1. The highest BCUT2D eigenvalue weighted by atomic mass is 16.5. The van der Waals surface area contributed by atoms with Crippen LogP contribution in [-0.2, 0) is 4.79 Å². The lowest BCUT2D eigenvalue weighted by Gasteiger charge is -2.39. The quantitative estimate of drug-likeness (QED) is 0.341. The molecule has 1 aromatic carbocycles. The molecule has 7 nitrogen and oxygen atoms in total. The van der Waals surface area contributed by atoms with Crippen LogP contribution in [0.4, 0.5) is 5.69 Å². The molecule has 2 aromatic rings. The van der Waals surface area contributed by atoms with Gasteiger partial charge in [0.15, 0.2) is 0 Å². The van der Waals surface area contributed by atoms with E-state index in [1.807, 2.05) is 19.1 Å². The number of aromatic nitrogens is 1. The zero-order chi connectivity index (χ0) is 22.2. The number of hydrogen-bond donors (Lipinski definition) is 1. The number of ether oxygens (including phenoxy) is 1. The number of aliphatic imine (C=N–C) groups is 2. The van der Waals surface area contributed by atoms with Crippen molar-refractivity contribution in [2.75, 3.05) is 18.4 Å². The van der Waals surface area contributed by atoms with Crippen LogP contribution < -0.4 is 10.1 Å². The smallest absolute Gasteiger partial charge is 0.321 e. The lowest BCUT2D eigenvalue weighted by molar-refractivity contribution is -0.129. The Kier molecular flexibility index (Phi) is 6.97. The van der Waals surface area contributed by atoms with Crippen molar-refractivity contribution in [1.82, 2.24) is 9.88 Å². The Morgan fingerprint density at radius 1 is 1.39 bits per heavy atom. The molecule has 1 amide bonds. The number of carbonyl (C=O) groups is 1. The van der Waals surface area contributed by atoms with E-state index in [0.717, 1.165) is 16.8 Å². The van der Waals surface area contributed by atoms with Crippen molar-refractivity contribution in [2.45, 2.75) is 13.0 Å². The summed E-state index contributed by atoms with van der Waals surface area (Å²) in [6.45, 7) is 10.2. The van der Waals surface area contributed by atoms with Gasteiger partial charge >= 0.3 is 6.02 Å². The van der Waals surface area contributed by atoms with E-state index < -0.39 is 0 Å². The first-order valence-corrected chi connectivity index (χ1v) is 9.61. The summed E-state index contributed by atoms with van der Waals surface area (Å²) < 4.78 is 5.64. The molecule has 0 aliphatic carbocycles. The standard InChI is InChI=1S/C24H23N5O2/c1-5-18-8-7-9-22(10-18)31-24(25-4)27-12-17(3)19-11-20(14-26-13-19)28-21-15-29(16-21)23(30)6-2/h1,6-14,21,28H,2,4,15-16H2,3H3/b17-12+,27-24+. The van der Waals surface area contributed by atoms with Gasteiger partial charge in [0.25, 0.3) is 0 Å². The molecule has 0 unspecified atom stereocenters. The number of anilines is 1. The third kappa shape index (κ3) is 5.67. The first kappa shape index (κ1) is 21.5.